The van der Waals surface area contributed by atoms with Crippen molar-refractivity contribution < 1.29 is 50.6 Å². The van der Waals surface area contributed by atoms with Gasteiger partial charge in [0.05, 0.1) is 46.6 Å². The number of fused-ring (bicyclic) bond motifs is 1. The van der Waals surface area contributed by atoms with E-state index in [0.717, 1.165) is 76.2 Å². The number of hydrogen-bond donors (Lipinski definition) is 5. The molecule has 0 saturated carbocycles. The highest BCUT2D eigenvalue weighted by molar-refractivity contribution is 7.90. The highest BCUT2D eigenvalue weighted by atomic mass is 32.2. The summed E-state index contributed by atoms with van der Waals surface area (Å²) < 4.78 is 79.2. The number of anilines is 1. The zero-order valence-electron chi connectivity index (χ0n) is 44.4. The van der Waals surface area contributed by atoms with Gasteiger partial charge in [-0.1, -0.05) is 57.2 Å². The summed E-state index contributed by atoms with van der Waals surface area (Å²) in [4.78, 5) is 73.5. The van der Waals surface area contributed by atoms with Crippen LogP contribution in [0, 0.1) is 24.0 Å². The molecule has 0 bridgehead atoms. The molecule has 6 aromatic rings. The van der Waals surface area contributed by atoms with Crippen LogP contribution in [0.2, 0.25) is 0 Å². The first-order valence-electron chi connectivity index (χ1n) is 26.4. The number of hydrogen-bond acceptors (Lipinski definition) is 13. The number of aliphatic hydroxyl groups is 1. The first kappa shape index (κ1) is 56.9. The Hall–Kier alpha value is -6.76. The number of halogens is 3. The summed E-state index contributed by atoms with van der Waals surface area (Å²) in [6.45, 7) is 11.6. The number of nitrogens with zero attached hydrogens (tertiary/aromatic N) is 6. The van der Waals surface area contributed by atoms with Crippen molar-refractivity contribution in [2.75, 3.05) is 70.2 Å². The molecule has 420 valence electrons. The van der Waals surface area contributed by atoms with Crippen molar-refractivity contribution in [3.63, 3.8) is 0 Å². The molecule has 0 unspecified atom stereocenters. The molecule has 3 aliphatic rings. The Balaban J connectivity index is 0.703. The molecule has 3 amide bonds. The van der Waals surface area contributed by atoms with E-state index >= 15 is 8.78 Å². The molecular weight excluding hydrogens is 1060 g/mol. The number of ketones is 1. The zero-order chi connectivity index (χ0) is 56.2. The van der Waals surface area contributed by atoms with Gasteiger partial charge in [-0.05, 0) is 85.2 Å². The van der Waals surface area contributed by atoms with E-state index < -0.39 is 81.1 Å². The average molecular weight is 1130 g/mol. The summed E-state index contributed by atoms with van der Waals surface area (Å²) in [7, 11) is -4.38. The molecule has 23 heteroatoms. The van der Waals surface area contributed by atoms with Gasteiger partial charge in [0.25, 0.3) is 0 Å². The monoisotopic (exact) mass is 1130 g/mol. The molecule has 3 aliphatic heterocycles. The number of nitrogens with one attached hydrogen (secondary N) is 4. The fraction of sp³-hybridized carbons (Fsp3) is 0.429. The normalized spacial score (nSPS) is 18.9. The summed E-state index contributed by atoms with van der Waals surface area (Å²) in [6, 6.07) is 16.7. The quantitative estimate of drug-likeness (QED) is 0.0411. The molecule has 5 N–H and O–H groups in total. The van der Waals surface area contributed by atoms with Crippen LogP contribution >= 0.6 is 11.3 Å². The third-order valence-electron chi connectivity index (χ3n) is 14.6. The molecule has 6 heterocycles. The Morgan fingerprint density at radius 3 is 2.32 bits per heavy atom. The second-order valence-electron chi connectivity index (χ2n) is 21.4. The topological polar surface area (TPSA) is 222 Å². The molecule has 0 radical (unpaired) electrons. The van der Waals surface area contributed by atoms with Crippen LogP contribution in [0.4, 0.5) is 18.9 Å². The van der Waals surface area contributed by atoms with Crippen molar-refractivity contribution >= 4 is 61.8 Å². The molecule has 3 fully saturated rings. The first-order chi connectivity index (χ1) is 37.7. The number of carbonyl (C=O) groups excluding carboxylic acids is 4. The van der Waals surface area contributed by atoms with Crippen molar-refractivity contribution in [3.8, 4) is 27.3 Å². The summed E-state index contributed by atoms with van der Waals surface area (Å²) in [6.07, 6.45) is 2.41. The van der Waals surface area contributed by atoms with E-state index in [4.69, 9.17) is 4.74 Å². The van der Waals surface area contributed by atoms with Crippen LogP contribution in [0.1, 0.15) is 73.6 Å². The molecule has 0 aliphatic carbocycles. The Bertz CT molecular complexity index is 3290. The van der Waals surface area contributed by atoms with Gasteiger partial charge in [0, 0.05) is 87.7 Å². The summed E-state index contributed by atoms with van der Waals surface area (Å²) >= 11 is 1.57. The summed E-state index contributed by atoms with van der Waals surface area (Å²) in [5, 5.41) is 16.9. The summed E-state index contributed by atoms with van der Waals surface area (Å²) in [5.41, 5.74) is 3.97. The van der Waals surface area contributed by atoms with Gasteiger partial charge < -0.3 is 35.3 Å². The lowest BCUT2D eigenvalue weighted by Gasteiger charge is -2.37. The third kappa shape index (κ3) is 13.5. The van der Waals surface area contributed by atoms with E-state index in [9.17, 15) is 37.1 Å². The number of H-pyrrole nitrogens is 1. The van der Waals surface area contributed by atoms with Crippen LogP contribution in [-0.4, -0.2) is 161 Å². The molecular formula is C56H65F3N10O8S2. The minimum absolute atomic E-state index is 0.00860. The number of amides is 3. The van der Waals surface area contributed by atoms with E-state index in [2.05, 4.69) is 35.4 Å². The zero-order valence-corrected chi connectivity index (χ0v) is 46.1. The van der Waals surface area contributed by atoms with Crippen molar-refractivity contribution in [1.29, 1.82) is 0 Å². The number of aromatic nitrogens is 3. The van der Waals surface area contributed by atoms with Gasteiger partial charge in [-0.25, -0.2) is 23.1 Å². The van der Waals surface area contributed by atoms with Crippen LogP contribution in [0.25, 0.3) is 32.6 Å². The highest BCUT2D eigenvalue weighted by Crippen LogP contribution is 2.33. The van der Waals surface area contributed by atoms with E-state index in [-0.39, 0.29) is 56.4 Å². The van der Waals surface area contributed by atoms with Gasteiger partial charge >= 0.3 is 10.2 Å². The SMILES string of the molecule is Cc1ncsc1-c1ccc(CNC(=O)[C@@H]2C[C@@H](O)CN2C(=O)[C@@H](NC(=O)CN2CCN(CCCCOc3ccc(-c4cnc5[nH]cc(C(=O)c6c(F)ccc(NS(=O)(=O)N7CC[C@@H](F)C7)c6F)c5c4)cc3)CC2)C(C)(C)C)cc1. The van der Waals surface area contributed by atoms with Gasteiger partial charge in [-0.2, -0.15) is 12.7 Å². The van der Waals surface area contributed by atoms with Crippen molar-refractivity contribution in [1.82, 2.24) is 44.6 Å². The number of unbranched alkanes of at least 4 members (excludes halogenated alkanes) is 1. The van der Waals surface area contributed by atoms with Crippen LogP contribution in [0.5, 0.6) is 5.75 Å². The number of alkyl halides is 1. The Labute approximate surface area is 460 Å². The molecule has 18 nitrogen and oxygen atoms in total. The number of likely N-dealkylation sites (tertiary alicyclic amines) is 1. The number of aliphatic hydroxyl groups excluding tert-OH is 1. The molecule has 0 spiro atoms. The molecule has 9 rings (SSSR count). The van der Waals surface area contributed by atoms with Crippen molar-refractivity contribution in [2.24, 2.45) is 5.41 Å². The Morgan fingerprint density at radius 2 is 1.63 bits per heavy atom. The second-order valence-corrected chi connectivity index (χ2v) is 24.0. The fourth-order valence-electron chi connectivity index (χ4n) is 10.2. The van der Waals surface area contributed by atoms with Gasteiger partial charge in [-0.15, -0.1) is 11.3 Å². The van der Waals surface area contributed by atoms with E-state index in [1.165, 1.54) is 11.1 Å². The lowest BCUT2D eigenvalue weighted by atomic mass is 9.85. The van der Waals surface area contributed by atoms with Gasteiger partial charge in [0.1, 0.15) is 35.5 Å². The van der Waals surface area contributed by atoms with E-state index in [1.54, 1.807) is 23.6 Å². The molecule has 3 aromatic carbocycles. The maximum Gasteiger partial charge on any atom is 0.301 e. The lowest BCUT2D eigenvalue weighted by molar-refractivity contribution is -0.144. The standard InChI is InChI=1S/C56H65F3N10O8S2/c1-34-51(78-33-63-34)37-9-7-35(8-10-37)27-62-54(73)46-26-40(70)31-69(46)55(74)52(56(2,3)4)64-47(71)32-67-22-20-66(21-23-67)18-5-6-24-77-41-13-11-36(12-14-41)38-25-42-43(29-61-53(42)60-28-38)50(72)48-44(58)15-16-45(49(48)59)65-79(75,76)68-19-17-39(57)30-68/h7-16,25,28-29,33,39-40,46,52,65,70H,5-6,17-24,26-27,30-32H2,1-4H3,(H,60,61)(H,62,73)(H,64,71)/t39-,40-,46+,52-/m1/s1. The van der Waals surface area contributed by atoms with E-state index in [1.807, 2.05) is 86.5 Å². The highest BCUT2D eigenvalue weighted by Gasteiger charge is 2.45. The molecule has 4 atom stereocenters. The van der Waals surface area contributed by atoms with Crippen LogP contribution in [-0.2, 0) is 31.1 Å². The number of thiazole rings is 1. The number of piperazine rings is 1. The maximum atomic E-state index is 15.8. The first-order valence-corrected chi connectivity index (χ1v) is 28.7. The van der Waals surface area contributed by atoms with Gasteiger partial charge in [0.2, 0.25) is 23.5 Å². The van der Waals surface area contributed by atoms with Gasteiger partial charge in [0.15, 0.2) is 5.82 Å². The fourth-order valence-corrected chi connectivity index (χ4v) is 12.2. The number of β-amino-alcohol motifs (C(OH)–C–C–N with tert-alkyl or cyclic N) is 1. The molecule has 3 saturated heterocycles. The van der Waals surface area contributed by atoms with Crippen LogP contribution < -0.4 is 20.1 Å². The summed E-state index contributed by atoms with van der Waals surface area (Å²) in [5.74, 6) is -4.04. The number of aryl methyl sites for hydroxylation is 1. The number of benzene rings is 3. The van der Waals surface area contributed by atoms with Crippen molar-refractivity contribution in [2.45, 2.75) is 84.3 Å². The van der Waals surface area contributed by atoms with E-state index in [0.29, 0.717) is 42.0 Å². The number of ether oxygens (including phenoxy) is 1. The predicted molar refractivity (Wildman–Crippen MR) is 294 cm³/mol. The van der Waals surface area contributed by atoms with Crippen molar-refractivity contribution in [3.05, 3.63) is 119 Å². The number of aromatic amines is 1. The number of pyridine rings is 1. The number of carbonyl (C=O) groups is 4. The Kier molecular flexibility index (Phi) is 17.5. The molecule has 79 heavy (non-hydrogen) atoms. The molecule has 3 aromatic heterocycles. The second kappa shape index (κ2) is 24.3. The average Bonchev–Trinajstić information content (AvgIpc) is 4.47. The third-order valence-corrected chi connectivity index (χ3v) is 17.1. The largest absolute Gasteiger partial charge is 0.494 e. The van der Waals surface area contributed by atoms with Crippen LogP contribution in [0.3, 0.4) is 0 Å². The maximum absolute atomic E-state index is 15.8. The minimum atomic E-state index is -4.38. The Morgan fingerprint density at radius 1 is 0.911 bits per heavy atom. The van der Waals surface area contributed by atoms with Gasteiger partial charge in [-0.3, -0.25) is 28.8 Å². The van der Waals surface area contributed by atoms with Crippen LogP contribution in [0.15, 0.2) is 84.6 Å². The number of rotatable bonds is 20. The lowest BCUT2D eigenvalue weighted by Crippen LogP contribution is -2.59. The smallest absolute Gasteiger partial charge is 0.301 e. The predicted octanol–water partition coefficient (Wildman–Crippen LogP) is 6.46. The minimum Gasteiger partial charge on any atom is -0.494 e.